The molecule has 1 heterocycles. The van der Waals surface area contributed by atoms with Crippen molar-refractivity contribution in [3.8, 4) is 11.5 Å². The molecule has 198 valence electrons. The fourth-order valence-electron chi connectivity index (χ4n) is 5.93. The highest BCUT2D eigenvalue weighted by Gasteiger charge is 2.41. The summed E-state index contributed by atoms with van der Waals surface area (Å²) in [6, 6.07) is 23.4. The molecule has 1 N–H and O–H groups in total. The Morgan fingerprint density at radius 2 is 1.79 bits per heavy atom. The second-order valence-electron chi connectivity index (χ2n) is 11.0. The Balaban J connectivity index is 1.51. The van der Waals surface area contributed by atoms with Crippen LogP contribution in [0.3, 0.4) is 0 Å². The lowest BCUT2D eigenvalue weighted by Crippen LogP contribution is -2.33. The predicted molar refractivity (Wildman–Crippen MR) is 159 cm³/mol. The number of carbonyl (C=O) groups excluding carboxylic acids is 1. The Hall–Kier alpha value is -3.47. The van der Waals surface area contributed by atoms with Gasteiger partial charge in [0.05, 0.1) is 13.2 Å². The summed E-state index contributed by atoms with van der Waals surface area (Å²) < 4.78 is 12.1. The van der Waals surface area contributed by atoms with Crippen molar-refractivity contribution in [1.29, 1.82) is 0 Å². The number of methoxy groups -OCH3 is 1. The molecular formula is C33H29Cl2NO3. The summed E-state index contributed by atoms with van der Waals surface area (Å²) in [7, 11) is 1.62. The van der Waals surface area contributed by atoms with E-state index in [9.17, 15) is 4.79 Å². The minimum absolute atomic E-state index is 0.134. The lowest BCUT2D eigenvalue weighted by atomic mass is 9.67. The molecule has 0 spiro atoms. The predicted octanol–water partition coefficient (Wildman–Crippen LogP) is 9.04. The Labute approximate surface area is 238 Å². The van der Waals surface area contributed by atoms with Crippen LogP contribution in [0.4, 0.5) is 5.69 Å². The van der Waals surface area contributed by atoms with Crippen LogP contribution >= 0.6 is 23.2 Å². The molecular weight excluding hydrogens is 529 g/mol. The van der Waals surface area contributed by atoms with E-state index < -0.39 is 0 Å². The van der Waals surface area contributed by atoms with Crippen LogP contribution in [0.15, 0.2) is 78.4 Å². The quantitative estimate of drug-likeness (QED) is 0.266. The van der Waals surface area contributed by atoms with Crippen LogP contribution in [-0.2, 0) is 11.4 Å². The van der Waals surface area contributed by atoms with Crippen molar-refractivity contribution in [3.63, 3.8) is 0 Å². The van der Waals surface area contributed by atoms with Crippen molar-refractivity contribution in [2.75, 3.05) is 12.4 Å². The van der Waals surface area contributed by atoms with Crippen molar-refractivity contribution in [2.24, 2.45) is 5.41 Å². The molecule has 0 amide bonds. The third kappa shape index (κ3) is 4.66. The fourth-order valence-corrected chi connectivity index (χ4v) is 6.40. The molecule has 6 heteroatoms. The van der Waals surface area contributed by atoms with Gasteiger partial charge < -0.3 is 14.8 Å². The van der Waals surface area contributed by atoms with Crippen LogP contribution in [0.5, 0.6) is 11.5 Å². The van der Waals surface area contributed by atoms with Gasteiger partial charge in [-0.1, -0.05) is 85.6 Å². The first-order valence-corrected chi connectivity index (χ1v) is 13.8. The molecule has 0 saturated heterocycles. The number of allylic oxidation sites excluding steroid dienone is 1. The van der Waals surface area contributed by atoms with Crippen LogP contribution in [0.25, 0.3) is 16.3 Å². The summed E-state index contributed by atoms with van der Waals surface area (Å²) in [5.74, 6) is 1.33. The number of nitrogens with one attached hydrogen (secondary N) is 1. The molecule has 0 aromatic heterocycles. The van der Waals surface area contributed by atoms with Gasteiger partial charge >= 0.3 is 0 Å². The number of rotatable bonds is 5. The molecule has 1 atom stereocenters. The van der Waals surface area contributed by atoms with Crippen molar-refractivity contribution in [2.45, 2.75) is 39.3 Å². The molecule has 4 nitrogen and oxygen atoms in total. The largest absolute Gasteiger partial charge is 0.493 e. The summed E-state index contributed by atoms with van der Waals surface area (Å²) in [5, 5.41) is 7.12. The summed E-state index contributed by atoms with van der Waals surface area (Å²) in [5.41, 5.74) is 5.57. The Bertz CT molecular complexity index is 1660. The van der Waals surface area contributed by atoms with E-state index in [1.165, 1.54) is 0 Å². The maximum absolute atomic E-state index is 13.9. The second kappa shape index (κ2) is 9.93. The van der Waals surface area contributed by atoms with Crippen LogP contribution < -0.4 is 14.8 Å². The molecule has 0 bridgehead atoms. The zero-order chi connectivity index (χ0) is 27.3. The summed E-state index contributed by atoms with van der Waals surface area (Å²) in [6.07, 6.45) is 1.30. The van der Waals surface area contributed by atoms with Crippen LogP contribution in [0.1, 0.15) is 49.4 Å². The van der Waals surface area contributed by atoms with Crippen molar-refractivity contribution < 1.29 is 14.3 Å². The van der Waals surface area contributed by atoms with E-state index in [-0.39, 0.29) is 23.8 Å². The first-order valence-electron chi connectivity index (χ1n) is 13.0. The van der Waals surface area contributed by atoms with Crippen LogP contribution in [0, 0.1) is 5.41 Å². The number of ketones is 1. The maximum Gasteiger partial charge on any atom is 0.167 e. The molecule has 0 fully saturated rings. The SMILES string of the molecule is COc1cccc(C2Nc3ccc4ccccc4c3C3=C2C(=O)CC(C)(C)C3)c1OCc1ccc(Cl)cc1Cl. The van der Waals surface area contributed by atoms with Crippen molar-refractivity contribution >= 4 is 51.0 Å². The fraction of sp³-hybridized carbons (Fsp3) is 0.242. The maximum atomic E-state index is 13.9. The number of para-hydroxylation sites is 1. The summed E-state index contributed by atoms with van der Waals surface area (Å²) in [6.45, 7) is 4.57. The van der Waals surface area contributed by atoms with Gasteiger partial charge in [-0.25, -0.2) is 0 Å². The first kappa shape index (κ1) is 25.8. The van der Waals surface area contributed by atoms with Crippen molar-refractivity contribution in [3.05, 3.63) is 105 Å². The number of benzene rings is 4. The third-order valence-corrected chi connectivity index (χ3v) is 8.25. The van der Waals surface area contributed by atoms with Gasteiger partial charge in [-0.3, -0.25) is 4.79 Å². The monoisotopic (exact) mass is 557 g/mol. The average Bonchev–Trinajstić information content (AvgIpc) is 2.91. The molecule has 1 aliphatic heterocycles. The molecule has 0 saturated carbocycles. The van der Waals surface area contributed by atoms with Crippen molar-refractivity contribution in [1.82, 2.24) is 0 Å². The molecule has 6 rings (SSSR count). The van der Waals surface area contributed by atoms with E-state index in [0.29, 0.717) is 28.0 Å². The number of halogens is 2. The van der Waals surface area contributed by atoms with Gasteiger partial charge in [-0.15, -0.1) is 0 Å². The number of hydrogen-bond acceptors (Lipinski definition) is 4. The number of carbonyl (C=O) groups is 1. The number of ether oxygens (including phenoxy) is 2. The number of hydrogen-bond donors (Lipinski definition) is 1. The van der Waals surface area contributed by atoms with Crippen LogP contribution in [-0.4, -0.2) is 12.9 Å². The first-order chi connectivity index (χ1) is 18.8. The summed E-state index contributed by atoms with van der Waals surface area (Å²) >= 11 is 12.5. The highest BCUT2D eigenvalue weighted by molar-refractivity contribution is 6.35. The lowest BCUT2D eigenvalue weighted by Gasteiger charge is -2.40. The van der Waals surface area contributed by atoms with E-state index in [0.717, 1.165) is 50.7 Å². The van der Waals surface area contributed by atoms with Gasteiger partial charge in [0.1, 0.15) is 6.61 Å². The molecule has 4 aromatic carbocycles. The van der Waals surface area contributed by atoms with Crippen LogP contribution in [0.2, 0.25) is 10.0 Å². The Morgan fingerprint density at radius 1 is 0.974 bits per heavy atom. The Morgan fingerprint density at radius 3 is 2.59 bits per heavy atom. The second-order valence-corrected chi connectivity index (χ2v) is 11.9. The number of fused-ring (bicyclic) bond motifs is 4. The minimum atomic E-state index is -0.386. The van der Waals surface area contributed by atoms with E-state index in [1.54, 1.807) is 19.2 Å². The van der Waals surface area contributed by atoms with Gasteiger partial charge in [0.2, 0.25) is 0 Å². The molecule has 4 aromatic rings. The lowest BCUT2D eigenvalue weighted by molar-refractivity contribution is -0.118. The normalized spacial score (nSPS) is 17.9. The van der Waals surface area contributed by atoms with Gasteiger partial charge in [-0.05, 0) is 52.4 Å². The minimum Gasteiger partial charge on any atom is -0.493 e. The number of anilines is 1. The topological polar surface area (TPSA) is 47.6 Å². The van der Waals surface area contributed by atoms with E-state index >= 15 is 0 Å². The van der Waals surface area contributed by atoms with Gasteiger partial charge in [-0.2, -0.15) is 0 Å². The molecule has 39 heavy (non-hydrogen) atoms. The summed E-state index contributed by atoms with van der Waals surface area (Å²) in [4.78, 5) is 13.9. The van der Waals surface area contributed by atoms with E-state index in [1.807, 2.05) is 30.3 Å². The molecule has 0 radical (unpaired) electrons. The number of Topliss-reactive ketones (excluding diaryl/α,β-unsaturated/α-hetero) is 1. The smallest absolute Gasteiger partial charge is 0.167 e. The van der Waals surface area contributed by atoms with E-state index in [2.05, 4.69) is 49.5 Å². The zero-order valence-electron chi connectivity index (χ0n) is 22.1. The third-order valence-electron chi connectivity index (χ3n) is 7.67. The molecule has 1 unspecified atom stereocenters. The molecule has 1 aliphatic carbocycles. The zero-order valence-corrected chi connectivity index (χ0v) is 23.6. The van der Waals surface area contributed by atoms with Gasteiger partial charge in [0.15, 0.2) is 17.3 Å². The van der Waals surface area contributed by atoms with Gasteiger partial charge in [0, 0.05) is 44.4 Å². The Kier molecular flexibility index (Phi) is 6.57. The standard InChI is InChI=1S/C33H29Cl2NO3/c1-33(2)16-24-29-22-8-5-4-7-19(22)12-14-26(29)36-31(30(24)27(37)17-33)23-9-6-10-28(38-3)32(23)39-18-20-11-13-21(34)15-25(20)35/h4-15,31,36H,16-18H2,1-3H3. The average molecular weight is 559 g/mol. The highest BCUT2D eigenvalue weighted by atomic mass is 35.5. The highest BCUT2D eigenvalue weighted by Crippen LogP contribution is 2.53. The van der Waals surface area contributed by atoms with E-state index in [4.69, 9.17) is 32.7 Å². The molecule has 2 aliphatic rings. The van der Waals surface area contributed by atoms with Gasteiger partial charge in [0.25, 0.3) is 0 Å².